The SMILES string of the molecule is O=C1CCNCC1C1CCOC2(CCCC2)C1. The molecule has 2 saturated heterocycles. The van der Waals surface area contributed by atoms with Crippen molar-refractivity contribution >= 4 is 5.78 Å². The van der Waals surface area contributed by atoms with E-state index in [1.54, 1.807) is 0 Å². The third-order valence-electron chi connectivity index (χ3n) is 4.94. The van der Waals surface area contributed by atoms with Crippen molar-refractivity contribution in [2.45, 2.75) is 50.5 Å². The van der Waals surface area contributed by atoms with Crippen molar-refractivity contribution in [2.24, 2.45) is 11.8 Å². The van der Waals surface area contributed by atoms with Gasteiger partial charge in [0.05, 0.1) is 5.60 Å². The highest BCUT2D eigenvalue weighted by atomic mass is 16.5. The van der Waals surface area contributed by atoms with E-state index in [1.165, 1.54) is 25.7 Å². The number of carbonyl (C=O) groups excluding carboxylic acids is 1. The van der Waals surface area contributed by atoms with Crippen LogP contribution < -0.4 is 5.32 Å². The van der Waals surface area contributed by atoms with Crippen molar-refractivity contribution in [3.63, 3.8) is 0 Å². The zero-order valence-electron chi connectivity index (χ0n) is 10.5. The molecule has 3 aliphatic rings. The Kier molecular flexibility index (Phi) is 3.22. The standard InChI is InChI=1S/C14H23NO2/c16-13-3-7-15-10-12(13)11-4-8-17-14(9-11)5-1-2-6-14/h11-12,15H,1-10H2. The lowest BCUT2D eigenvalue weighted by molar-refractivity contribution is -0.133. The molecule has 0 amide bonds. The lowest BCUT2D eigenvalue weighted by atomic mass is 9.74. The van der Waals surface area contributed by atoms with Gasteiger partial charge in [0.2, 0.25) is 0 Å². The van der Waals surface area contributed by atoms with Crippen LogP contribution in [0.4, 0.5) is 0 Å². The second kappa shape index (κ2) is 4.69. The number of rotatable bonds is 1. The lowest BCUT2D eigenvalue weighted by Crippen LogP contribution is -2.46. The molecule has 3 heteroatoms. The zero-order valence-corrected chi connectivity index (χ0v) is 10.5. The summed E-state index contributed by atoms with van der Waals surface area (Å²) >= 11 is 0. The van der Waals surface area contributed by atoms with Crippen LogP contribution in [0.1, 0.15) is 44.9 Å². The number of ketones is 1. The summed E-state index contributed by atoms with van der Waals surface area (Å²) < 4.78 is 6.05. The Morgan fingerprint density at radius 2 is 2.12 bits per heavy atom. The predicted molar refractivity (Wildman–Crippen MR) is 65.9 cm³/mol. The van der Waals surface area contributed by atoms with E-state index in [0.29, 0.717) is 11.7 Å². The van der Waals surface area contributed by atoms with Crippen molar-refractivity contribution in [1.29, 1.82) is 0 Å². The third-order valence-corrected chi connectivity index (χ3v) is 4.94. The van der Waals surface area contributed by atoms with Crippen LogP contribution in [-0.4, -0.2) is 31.1 Å². The molecular formula is C14H23NO2. The van der Waals surface area contributed by atoms with Gasteiger partial charge in [-0.15, -0.1) is 0 Å². The quantitative estimate of drug-likeness (QED) is 0.757. The van der Waals surface area contributed by atoms with E-state index < -0.39 is 0 Å². The summed E-state index contributed by atoms with van der Waals surface area (Å²) in [5, 5.41) is 3.38. The van der Waals surface area contributed by atoms with Gasteiger partial charge in [-0.2, -0.15) is 0 Å². The largest absolute Gasteiger partial charge is 0.375 e. The van der Waals surface area contributed by atoms with Crippen LogP contribution in [0.5, 0.6) is 0 Å². The molecule has 0 aromatic carbocycles. The number of ether oxygens (including phenoxy) is 1. The van der Waals surface area contributed by atoms with Gasteiger partial charge >= 0.3 is 0 Å². The Morgan fingerprint density at radius 1 is 1.29 bits per heavy atom. The summed E-state index contributed by atoms with van der Waals surface area (Å²) in [5.74, 6) is 1.33. The number of carbonyl (C=O) groups is 1. The molecule has 1 aliphatic carbocycles. The Bertz CT molecular complexity index is 297. The van der Waals surface area contributed by atoms with Crippen LogP contribution in [0.25, 0.3) is 0 Å². The molecule has 1 spiro atoms. The normalized spacial score (nSPS) is 37.5. The second-order valence-corrected chi connectivity index (χ2v) is 6.02. The molecule has 1 N–H and O–H groups in total. The van der Waals surface area contributed by atoms with Crippen LogP contribution in [0, 0.1) is 11.8 Å². The minimum atomic E-state index is 0.153. The predicted octanol–water partition coefficient (Wildman–Crippen LogP) is 1.90. The molecule has 96 valence electrons. The molecule has 2 aliphatic heterocycles. The van der Waals surface area contributed by atoms with E-state index in [0.717, 1.165) is 39.0 Å². The average molecular weight is 237 g/mol. The number of piperidine rings is 1. The number of hydrogen-bond acceptors (Lipinski definition) is 3. The Labute approximate surface area is 103 Å². The second-order valence-electron chi connectivity index (χ2n) is 6.02. The first-order valence-electron chi connectivity index (χ1n) is 7.16. The summed E-state index contributed by atoms with van der Waals surface area (Å²) in [6, 6.07) is 0. The first-order valence-corrected chi connectivity index (χ1v) is 7.16. The van der Waals surface area contributed by atoms with E-state index in [-0.39, 0.29) is 11.5 Å². The highest BCUT2D eigenvalue weighted by Gasteiger charge is 2.43. The first kappa shape index (κ1) is 11.7. The molecule has 2 atom stereocenters. The Balaban J connectivity index is 1.68. The molecule has 0 bridgehead atoms. The van der Waals surface area contributed by atoms with Crippen molar-refractivity contribution in [2.75, 3.05) is 19.7 Å². The molecule has 2 heterocycles. The van der Waals surface area contributed by atoms with Crippen molar-refractivity contribution in [3.05, 3.63) is 0 Å². The van der Waals surface area contributed by atoms with Gasteiger partial charge in [0.15, 0.2) is 0 Å². The molecule has 0 aromatic heterocycles. The minimum absolute atomic E-state index is 0.153. The topological polar surface area (TPSA) is 38.3 Å². The molecule has 3 rings (SSSR count). The van der Waals surface area contributed by atoms with Crippen LogP contribution in [-0.2, 0) is 9.53 Å². The van der Waals surface area contributed by atoms with Gasteiger partial charge in [0, 0.05) is 32.0 Å². The minimum Gasteiger partial charge on any atom is -0.375 e. The fraction of sp³-hybridized carbons (Fsp3) is 0.929. The summed E-state index contributed by atoms with van der Waals surface area (Å²) in [5.41, 5.74) is 0.153. The summed E-state index contributed by atoms with van der Waals surface area (Å²) in [4.78, 5) is 12.0. The summed E-state index contributed by atoms with van der Waals surface area (Å²) in [6.07, 6.45) is 8.00. The molecule has 17 heavy (non-hydrogen) atoms. The smallest absolute Gasteiger partial charge is 0.138 e. The van der Waals surface area contributed by atoms with Gasteiger partial charge in [-0.1, -0.05) is 12.8 Å². The van der Waals surface area contributed by atoms with E-state index in [1.807, 2.05) is 0 Å². The van der Waals surface area contributed by atoms with Gasteiger partial charge in [-0.25, -0.2) is 0 Å². The van der Waals surface area contributed by atoms with E-state index in [2.05, 4.69) is 5.32 Å². The van der Waals surface area contributed by atoms with E-state index in [9.17, 15) is 4.79 Å². The third kappa shape index (κ3) is 2.27. The van der Waals surface area contributed by atoms with E-state index >= 15 is 0 Å². The van der Waals surface area contributed by atoms with Gasteiger partial charge in [-0.05, 0) is 31.6 Å². The number of Topliss-reactive ketones (excluding diaryl/α,β-unsaturated/α-hetero) is 1. The van der Waals surface area contributed by atoms with Crippen molar-refractivity contribution < 1.29 is 9.53 Å². The van der Waals surface area contributed by atoms with Crippen LogP contribution in [0.3, 0.4) is 0 Å². The highest BCUT2D eigenvalue weighted by Crippen LogP contribution is 2.44. The maximum atomic E-state index is 12.0. The first-order chi connectivity index (χ1) is 8.29. The number of hydrogen-bond donors (Lipinski definition) is 1. The van der Waals surface area contributed by atoms with Crippen molar-refractivity contribution in [3.8, 4) is 0 Å². The monoisotopic (exact) mass is 237 g/mol. The van der Waals surface area contributed by atoms with Gasteiger partial charge in [0.25, 0.3) is 0 Å². The maximum absolute atomic E-state index is 12.0. The van der Waals surface area contributed by atoms with Gasteiger partial charge < -0.3 is 10.1 Å². The molecule has 1 saturated carbocycles. The lowest BCUT2D eigenvalue weighted by Gasteiger charge is -2.41. The number of nitrogens with one attached hydrogen (secondary N) is 1. The van der Waals surface area contributed by atoms with Crippen LogP contribution in [0.15, 0.2) is 0 Å². The van der Waals surface area contributed by atoms with Gasteiger partial charge in [-0.3, -0.25) is 4.79 Å². The Morgan fingerprint density at radius 3 is 2.88 bits per heavy atom. The molecule has 3 nitrogen and oxygen atoms in total. The molecule has 3 fully saturated rings. The van der Waals surface area contributed by atoms with Crippen LogP contribution in [0.2, 0.25) is 0 Å². The highest BCUT2D eigenvalue weighted by molar-refractivity contribution is 5.82. The molecule has 2 unspecified atom stereocenters. The molecule has 0 radical (unpaired) electrons. The maximum Gasteiger partial charge on any atom is 0.138 e. The van der Waals surface area contributed by atoms with Crippen LogP contribution >= 0.6 is 0 Å². The van der Waals surface area contributed by atoms with Crippen molar-refractivity contribution in [1.82, 2.24) is 5.32 Å². The zero-order chi connectivity index (χ0) is 11.7. The summed E-state index contributed by atoms with van der Waals surface area (Å²) in [7, 11) is 0. The average Bonchev–Trinajstić information content (AvgIpc) is 2.78. The van der Waals surface area contributed by atoms with E-state index in [4.69, 9.17) is 4.74 Å². The molecule has 0 aromatic rings. The Hall–Kier alpha value is -0.410. The fourth-order valence-electron chi connectivity index (χ4n) is 3.97. The van der Waals surface area contributed by atoms with Gasteiger partial charge in [0.1, 0.15) is 5.78 Å². The fourth-order valence-corrected chi connectivity index (χ4v) is 3.97. The molecular weight excluding hydrogens is 214 g/mol. The summed E-state index contributed by atoms with van der Waals surface area (Å²) in [6.45, 7) is 2.65.